The van der Waals surface area contributed by atoms with Crippen LogP contribution >= 0.6 is 0 Å². The zero-order valence-electron chi connectivity index (χ0n) is 16.8. The Labute approximate surface area is 154 Å². The largest absolute Gasteiger partial charge is 0.340 e. The van der Waals surface area contributed by atoms with Crippen molar-refractivity contribution in [3.8, 4) is 0 Å². The molecule has 5 heteroatoms. The third-order valence-corrected chi connectivity index (χ3v) is 6.68. The molecule has 5 nitrogen and oxygen atoms in total. The fourth-order valence-electron chi connectivity index (χ4n) is 4.76. The molecule has 3 rings (SSSR count). The number of carbonyl (C=O) groups is 1. The van der Waals surface area contributed by atoms with Gasteiger partial charge < -0.3 is 9.80 Å². The number of likely N-dealkylation sites (tertiary alicyclic amines) is 2. The molecule has 0 spiro atoms. The molecule has 25 heavy (non-hydrogen) atoms. The summed E-state index contributed by atoms with van der Waals surface area (Å²) in [6.45, 7) is 17.7. The average molecular weight is 351 g/mol. The van der Waals surface area contributed by atoms with Crippen molar-refractivity contribution in [2.75, 3.05) is 52.4 Å². The number of hydrogen-bond acceptors (Lipinski definition) is 4. The van der Waals surface area contributed by atoms with E-state index in [1.807, 2.05) is 0 Å². The fraction of sp³-hybridized carbons (Fsp3) is 0.950. The third kappa shape index (κ3) is 4.55. The van der Waals surface area contributed by atoms with Gasteiger partial charge in [0.1, 0.15) is 0 Å². The highest BCUT2D eigenvalue weighted by atomic mass is 16.2. The maximum atomic E-state index is 12.9. The van der Waals surface area contributed by atoms with E-state index in [0.29, 0.717) is 24.0 Å². The van der Waals surface area contributed by atoms with E-state index in [-0.39, 0.29) is 5.92 Å². The van der Waals surface area contributed by atoms with Crippen LogP contribution < -0.4 is 0 Å². The number of piperidine rings is 1. The molecule has 1 amide bonds. The normalized spacial score (nSPS) is 28.4. The van der Waals surface area contributed by atoms with Crippen LogP contribution in [0.5, 0.6) is 0 Å². The van der Waals surface area contributed by atoms with E-state index in [4.69, 9.17) is 0 Å². The highest BCUT2D eigenvalue weighted by Crippen LogP contribution is 2.23. The lowest BCUT2D eigenvalue weighted by atomic mass is 9.94. The van der Waals surface area contributed by atoms with Gasteiger partial charge in [0.15, 0.2) is 0 Å². The first-order valence-corrected chi connectivity index (χ1v) is 10.5. The van der Waals surface area contributed by atoms with Crippen LogP contribution in [0.4, 0.5) is 0 Å². The Morgan fingerprint density at radius 2 is 1.32 bits per heavy atom. The van der Waals surface area contributed by atoms with E-state index < -0.39 is 0 Å². The lowest BCUT2D eigenvalue weighted by Gasteiger charge is -2.41. The highest BCUT2D eigenvalue weighted by Gasteiger charge is 2.34. The molecule has 0 aliphatic carbocycles. The number of piperazine rings is 1. The van der Waals surface area contributed by atoms with Gasteiger partial charge in [0.05, 0.1) is 0 Å². The molecule has 0 radical (unpaired) electrons. The predicted octanol–water partition coefficient (Wildman–Crippen LogP) is 1.73. The first-order valence-electron chi connectivity index (χ1n) is 10.5. The van der Waals surface area contributed by atoms with Crippen LogP contribution in [0.15, 0.2) is 0 Å². The van der Waals surface area contributed by atoms with Crippen molar-refractivity contribution < 1.29 is 4.79 Å². The second-order valence-electron chi connectivity index (χ2n) is 8.80. The number of rotatable bonds is 4. The molecule has 3 heterocycles. The van der Waals surface area contributed by atoms with Gasteiger partial charge in [-0.25, -0.2) is 0 Å². The Morgan fingerprint density at radius 1 is 0.760 bits per heavy atom. The van der Waals surface area contributed by atoms with E-state index in [2.05, 4.69) is 47.3 Å². The zero-order valence-corrected chi connectivity index (χ0v) is 16.8. The molecule has 3 aliphatic heterocycles. The van der Waals surface area contributed by atoms with Crippen molar-refractivity contribution in [1.29, 1.82) is 0 Å². The summed E-state index contributed by atoms with van der Waals surface area (Å²) >= 11 is 0. The maximum Gasteiger partial charge on any atom is 0.225 e. The van der Waals surface area contributed by atoms with E-state index in [1.54, 1.807) is 0 Å². The van der Waals surface area contributed by atoms with Crippen LogP contribution in [0.25, 0.3) is 0 Å². The predicted molar refractivity (Wildman–Crippen MR) is 103 cm³/mol. The molecule has 3 fully saturated rings. The third-order valence-electron chi connectivity index (χ3n) is 6.68. The van der Waals surface area contributed by atoms with Crippen LogP contribution in [0, 0.1) is 5.92 Å². The standard InChI is InChI=1S/C20H38N4O/c1-16(2)21-8-5-18(6-9-21)20(25)23-13-11-22(12-14-23)19-7-10-24(15-19)17(3)4/h16-19H,5-15H2,1-4H3. The molecule has 0 N–H and O–H groups in total. The van der Waals surface area contributed by atoms with E-state index in [0.717, 1.165) is 52.1 Å². The number of nitrogens with zero attached hydrogens (tertiary/aromatic N) is 4. The molecule has 0 saturated carbocycles. The molecular weight excluding hydrogens is 312 g/mol. The summed E-state index contributed by atoms with van der Waals surface area (Å²) in [6.07, 6.45) is 3.38. The summed E-state index contributed by atoms with van der Waals surface area (Å²) in [4.78, 5) is 22.8. The molecule has 0 bridgehead atoms. The molecule has 1 unspecified atom stereocenters. The monoisotopic (exact) mass is 350 g/mol. The van der Waals surface area contributed by atoms with Crippen LogP contribution in [0.1, 0.15) is 47.0 Å². The summed E-state index contributed by atoms with van der Waals surface area (Å²) < 4.78 is 0. The van der Waals surface area contributed by atoms with Gasteiger partial charge in [-0.3, -0.25) is 14.6 Å². The van der Waals surface area contributed by atoms with Crippen molar-refractivity contribution in [1.82, 2.24) is 19.6 Å². The lowest BCUT2D eigenvalue weighted by molar-refractivity contribution is -0.139. The minimum Gasteiger partial charge on any atom is -0.340 e. The van der Waals surface area contributed by atoms with Gasteiger partial charge in [-0.05, 0) is 60.0 Å². The van der Waals surface area contributed by atoms with Crippen molar-refractivity contribution in [3.63, 3.8) is 0 Å². The van der Waals surface area contributed by atoms with Crippen molar-refractivity contribution >= 4 is 5.91 Å². The molecule has 3 aliphatic rings. The summed E-state index contributed by atoms with van der Waals surface area (Å²) in [7, 11) is 0. The topological polar surface area (TPSA) is 30.0 Å². The summed E-state index contributed by atoms with van der Waals surface area (Å²) in [5, 5.41) is 0. The van der Waals surface area contributed by atoms with E-state index >= 15 is 0 Å². The van der Waals surface area contributed by atoms with E-state index in [1.165, 1.54) is 19.5 Å². The second-order valence-corrected chi connectivity index (χ2v) is 8.80. The Bertz CT molecular complexity index is 437. The smallest absolute Gasteiger partial charge is 0.225 e. The number of hydrogen-bond donors (Lipinski definition) is 0. The van der Waals surface area contributed by atoms with Crippen LogP contribution in [0.2, 0.25) is 0 Å². The summed E-state index contributed by atoms with van der Waals surface area (Å²) in [6, 6.07) is 1.97. The molecule has 1 atom stereocenters. The number of amides is 1. The Balaban J connectivity index is 1.42. The first kappa shape index (κ1) is 19.1. The van der Waals surface area contributed by atoms with Gasteiger partial charge in [-0.2, -0.15) is 0 Å². The maximum absolute atomic E-state index is 12.9. The van der Waals surface area contributed by atoms with Crippen LogP contribution in [-0.2, 0) is 4.79 Å². The molecule has 144 valence electrons. The molecule has 0 aromatic carbocycles. The van der Waals surface area contributed by atoms with Gasteiger partial charge in [0.2, 0.25) is 5.91 Å². The summed E-state index contributed by atoms with van der Waals surface area (Å²) in [5.41, 5.74) is 0. The molecule has 0 aromatic rings. The van der Waals surface area contributed by atoms with Gasteiger partial charge >= 0.3 is 0 Å². The quantitative estimate of drug-likeness (QED) is 0.772. The van der Waals surface area contributed by atoms with Gasteiger partial charge in [-0.15, -0.1) is 0 Å². The van der Waals surface area contributed by atoms with Crippen molar-refractivity contribution in [2.24, 2.45) is 5.92 Å². The minimum atomic E-state index is 0.268. The SMILES string of the molecule is CC(C)N1CCC(C(=O)N2CCN(C3CCN(C(C)C)C3)CC2)CC1. The Morgan fingerprint density at radius 3 is 1.84 bits per heavy atom. The van der Waals surface area contributed by atoms with Crippen LogP contribution in [-0.4, -0.2) is 96.0 Å². The van der Waals surface area contributed by atoms with Crippen molar-refractivity contribution in [3.05, 3.63) is 0 Å². The van der Waals surface area contributed by atoms with Gasteiger partial charge in [0, 0.05) is 63.3 Å². The van der Waals surface area contributed by atoms with E-state index in [9.17, 15) is 4.79 Å². The van der Waals surface area contributed by atoms with Gasteiger partial charge in [0.25, 0.3) is 0 Å². The van der Waals surface area contributed by atoms with Gasteiger partial charge in [-0.1, -0.05) is 0 Å². The first-order chi connectivity index (χ1) is 12.0. The molecule has 3 saturated heterocycles. The van der Waals surface area contributed by atoms with Crippen LogP contribution in [0.3, 0.4) is 0 Å². The number of carbonyl (C=O) groups excluding carboxylic acids is 1. The van der Waals surface area contributed by atoms with Crippen molar-refractivity contribution in [2.45, 2.75) is 65.1 Å². The Hall–Kier alpha value is -0.650. The highest BCUT2D eigenvalue weighted by molar-refractivity contribution is 5.79. The summed E-state index contributed by atoms with van der Waals surface area (Å²) in [5.74, 6) is 0.697. The average Bonchev–Trinajstić information content (AvgIpc) is 3.12. The minimum absolute atomic E-state index is 0.268. The Kier molecular flexibility index (Phi) is 6.39. The molecule has 0 aromatic heterocycles. The zero-order chi connectivity index (χ0) is 18.0. The fourth-order valence-corrected chi connectivity index (χ4v) is 4.76. The second kappa shape index (κ2) is 8.36. The lowest BCUT2D eigenvalue weighted by Crippen LogP contribution is -2.54. The molecular formula is C20H38N4O.